The lowest BCUT2D eigenvalue weighted by atomic mass is 9.72. The second-order valence-electron chi connectivity index (χ2n) is 12.0. The Kier molecular flexibility index (Phi) is 10.1. The summed E-state index contributed by atoms with van der Waals surface area (Å²) in [6.07, 6.45) is 19.9. The number of hydrogen-bond acceptors (Lipinski definition) is 2. The standard InChI is InChI=1S/C29H48F2O2/c1-2-21-3-5-22(6-4-21)7-8-23-9-14-25(15-10-23)27-19-32-29(33-20-27)26-16-11-24(12-17-26)13-18-28(30)31/h18,21-27,29H,2-17,19-20H2,1H3. The van der Waals surface area contributed by atoms with Gasteiger partial charge in [0.2, 0.25) is 0 Å². The van der Waals surface area contributed by atoms with Crippen LogP contribution in [0.15, 0.2) is 12.2 Å². The molecule has 0 aromatic rings. The molecule has 0 radical (unpaired) electrons. The molecule has 0 aromatic heterocycles. The molecule has 0 atom stereocenters. The Morgan fingerprint density at radius 2 is 1.12 bits per heavy atom. The third-order valence-corrected chi connectivity index (χ3v) is 9.92. The largest absolute Gasteiger partial charge is 0.352 e. The molecule has 0 spiro atoms. The molecule has 0 unspecified atom stereocenters. The maximum absolute atomic E-state index is 12.3. The highest BCUT2D eigenvalue weighted by molar-refractivity contribution is 4.87. The van der Waals surface area contributed by atoms with E-state index in [0.717, 1.165) is 68.6 Å². The van der Waals surface area contributed by atoms with Crippen molar-refractivity contribution < 1.29 is 18.3 Å². The molecule has 1 aliphatic heterocycles. The highest BCUT2D eigenvalue weighted by Crippen LogP contribution is 2.41. The van der Waals surface area contributed by atoms with Crippen LogP contribution in [0.5, 0.6) is 0 Å². The van der Waals surface area contributed by atoms with Gasteiger partial charge >= 0.3 is 0 Å². The van der Waals surface area contributed by atoms with Gasteiger partial charge in [-0.1, -0.05) is 64.7 Å². The van der Waals surface area contributed by atoms with Crippen LogP contribution >= 0.6 is 0 Å². The van der Waals surface area contributed by atoms with Crippen molar-refractivity contribution in [1.29, 1.82) is 0 Å². The molecule has 0 aromatic carbocycles. The molecule has 1 saturated heterocycles. The van der Waals surface area contributed by atoms with Crippen molar-refractivity contribution in [3.05, 3.63) is 12.2 Å². The van der Waals surface area contributed by atoms with E-state index in [1.165, 1.54) is 70.6 Å². The molecule has 4 aliphatic rings. The molecule has 33 heavy (non-hydrogen) atoms. The quantitative estimate of drug-likeness (QED) is 0.356. The van der Waals surface area contributed by atoms with E-state index in [9.17, 15) is 8.78 Å². The van der Waals surface area contributed by atoms with Crippen LogP contribution < -0.4 is 0 Å². The minimum absolute atomic E-state index is 0.0604. The number of hydrogen-bond donors (Lipinski definition) is 0. The monoisotopic (exact) mass is 466 g/mol. The smallest absolute Gasteiger partial charge is 0.266 e. The van der Waals surface area contributed by atoms with Crippen molar-refractivity contribution in [3.8, 4) is 0 Å². The van der Waals surface area contributed by atoms with E-state index >= 15 is 0 Å². The molecule has 0 bridgehead atoms. The summed E-state index contributed by atoms with van der Waals surface area (Å²) in [7, 11) is 0. The molecule has 4 heteroatoms. The van der Waals surface area contributed by atoms with Gasteiger partial charge in [0.25, 0.3) is 6.08 Å². The minimum Gasteiger partial charge on any atom is -0.352 e. The van der Waals surface area contributed by atoms with E-state index in [0.29, 0.717) is 24.2 Å². The van der Waals surface area contributed by atoms with Crippen molar-refractivity contribution in [3.63, 3.8) is 0 Å². The van der Waals surface area contributed by atoms with Crippen molar-refractivity contribution >= 4 is 0 Å². The Morgan fingerprint density at radius 1 is 0.636 bits per heavy atom. The van der Waals surface area contributed by atoms with Crippen LogP contribution in [0.3, 0.4) is 0 Å². The first-order valence-electron chi connectivity index (χ1n) is 14.3. The van der Waals surface area contributed by atoms with Crippen molar-refractivity contribution in [2.45, 2.75) is 116 Å². The first-order chi connectivity index (χ1) is 16.1. The van der Waals surface area contributed by atoms with Gasteiger partial charge in [-0.05, 0) is 80.6 Å². The molecule has 1 heterocycles. The van der Waals surface area contributed by atoms with Crippen molar-refractivity contribution in [2.75, 3.05) is 13.2 Å². The van der Waals surface area contributed by atoms with Crippen LogP contribution in [0.25, 0.3) is 0 Å². The predicted molar refractivity (Wildman–Crippen MR) is 130 cm³/mol. The normalized spacial score (nSPS) is 40.3. The summed E-state index contributed by atoms with van der Waals surface area (Å²) < 4.78 is 37.1. The Bertz CT molecular complexity index is 572. The number of rotatable bonds is 8. The topological polar surface area (TPSA) is 18.5 Å². The number of allylic oxidation sites excluding steroid dienone is 1. The fourth-order valence-electron chi connectivity index (χ4n) is 7.38. The molecule has 3 aliphatic carbocycles. The summed E-state index contributed by atoms with van der Waals surface area (Å²) in [5.41, 5.74) is 0. The van der Waals surface area contributed by atoms with E-state index in [1.807, 2.05) is 0 Å². The second kappa shape index (κ2) is 13.0. The van der Waals surface area contributed by atoms with E-state index in [2.05, 4.69) is 6.92 Å². The van der Waals surface area contributed by atoms with Gasteiger partial charge in [-0.2, -0.15) is 8.78 Å². The lowest BCUT2D eigenvalue weighted by Gasteiger charge is -2.41. The third-order valence-electron chi connectivity index (χ3n) is 9.92. The summed E-state index contributed by atoms with van der Waals surface area (Å²) >= 11 is 0. The summed E-state index contributed by atoms with van der Waals surface area (Å²) in [5.74, 6) is 5.19. The van der Waals surface area contributed by atoms with Gasteiger partial charge in [0.05, 0.1) is 13.2 Å². The second-order valence-corrected chi connectivity index (χ2v) is 12.0. The molecule has 0 N–H and O–H groups in total. The van der Waals surface area contributed by atoms with Crippen molar-refractivity contribution in [2.24, 2.45) is 41.4 Å². The molecule has 3 saturated carbocycles. The zero-order valence-electron chi connectivity index (χ0n) is 21.0. The van der Waals surface area contributed by atoms with E-state index in [1.54, 1.807) is 0 Å². The molecule has 4 fully saturated rings. The Balaban J connectivity index is 1.08. The van der Waals surface area contributed by atoms with Gasteiger partial charge in [0.15, 0.2) is 6.29 Å². The van der Waals surface area contributed by atoms with Gasteiger partial charge in [-0.15, -0.1) is 0 Å². The maximum Gasteiger partial charge on any atom is 0.266 e. The van der Waals surface area contributed by atoms with Crippen LogP contribution in [0.2, 0.25) is 0 Å². The van der Waals surface area contributed by atoms with E-state index in [-0.39, 0.29) is 6.29 Å². The fraction of sp³-hybridized carbons (Fsp3) is 0.931. The van der Waals surface area contributed by atoms with Gasteiger partial charge in [0, 0.05) is 11.8 Å². The van der Waals surface area contributed by atoms with Crippen LogP contribution in [-0.2, 0) is 9.47 Å². The van der Waals surface area contributed by atoms with Crippen LogP contribution in [0, 0.1) is 41.4 Å². The highest BCUT2D eigenvalue weighted by atomic mass is 19.3. The first-order valence-corrected chi connectivity index (χ1v) is 14.3. The first kappa shape index (κ1) is 25.6. The molecular weight excluding hydrogens is 418 g/mol. The van der Waals surface area contributed by atoms with Crippen LogP contribution in [0.4, 0.5) is 8.78 Å². The number of halogens is 2. The molecule has 2 nitrogen and oxygen atoms in total. The van der Waals surface area contributed by atoms with Gasteiger partial charge < -0.3 is 9.47 Å². The summed E-state index contributed by atoms with van der Waals surface area (Å²) in [6, 6.07) is 0. The molecule has 0 amide bonds. The molecule has 4 rings (SSSR count). The van der Waals surface area contributed by atoms with Gasteiger partial charge in [-0.25, -0.2) is 0 Å². The van der Waals surface area contributed by atoms with E-state index < -0.39 is 6.08 Å². The highest BCUT2D eigenvalue weighted by Gasteiger charge is 2.36. The number of ether oxygens (including phenoxy) is 2. The van der Waals surface area contributed by atoms with Gasteiger partial charge in [-0.3, -0.25) is 0 Å². The summed E-state index contributed by atoms with van der Waals surface area (Å²) in [6.45, 7) is 4.07. The summed E-state index contributed by atoms with van der Waals surface area (Å²) in [5, 5.41) is 0. The Hall–Kier alpha value is -0.480. The van der Waals surface area contributed by atoms with E-state index in [4.69, 9.17) is 9.47 Å². The average Bonchev–Trinajstić information content (AvgIpc) is 2.87. The third kappa shape index (κ3) is 7.75. The SMILES string of the molecule is CCC1CCC(CCC2CCC(C3COC(C4CCC(CC=C(F)F)CC4)OC3)CC2)CC1. The Morgan fingerprint density at radius 3 is 1.67 bits per heavy atom. The van der Waals surface area contributed by atoms with Crippen LogP contribution in [0.1, 0.15) is 110 Å². The zero-order valence-corrected chi connectivity index (χ0v) is 21.0. The fourth-order valence-corrected chi connectivity index (χ4v) is 7.38. The average molecular weight is 467 g/mol. The predicted octanol–water partition coefficient (Wildman–Crippen LogP) is 8.76. The molecule has 190 valence electrons. The minimum atomic E-state index is -1.54. The zero-order chi connectivity index (χ0) is 23.0. The van der Waals surface area contributed by atoms with Crippen molar-refractivity contribution in [1.82, 2.24) is 0 Å². The lowest BCUT2D eigenvalue weighted by molar-refractivity contribution is -0.237. The molecular formula is C29H48F2O2. The van der Waals surface area contributed by atoms with Gasteiger partial charge in [0.1, 0.15) is 0 Å². The summed E-state index contributed by atoms with van der Waals surface area (Å²) in [4.78, 5) is 0. The Labute approximate surface area is 201 Å². The van der Waals surface area contributed by atoms with Crippen LogP contribution in [-0.4, -0.2) is 19.5 Å². The lowest BCUT2D eigenvalue weighted by Crippen LogP contribution is -2.41. The maximum atomic E-state index is 12.3.